The molecule has 36 heavy (non-hydrogen) atoms. The van der Waals surface area contributed by atoms with Gasteiger partial charge < -0.3 is 25.5 Å². The van der Waals surface area contributed by atoms with Crippen LogP contribution in [0.2, 0.25) is 0 Å². The van der Waals surface area contributed by atoms with Crippen LogP contribution in [0.4, 0.5) is 29.4 Å². The Kier molecular flexibility index (Phi) is 9.18. The Balaban J connectivity index is 1.90. The van der Waals surface area contributed by atoms with Crippen LogP contribution in [0.5, 0.6) is 5.75 Å². The normalized spacial score (nSPS) is 11.5. The van der Waals surface area contributed by atoms with E-state index < -0.39 is 0 Å². The van der Waals surface area contributed by atoms with Crippen LogP contribution in [0.3, 0.4) is 0 Å². The lowest BCUT2D eigenvalue weighted by atomic mass is 10.2. The molecule has 0 unspecified atom stereocenters. The first-order chi connectivity index (χ1) is 17.3. The van der Waals surface area contributed by atoms with Gasteiger partial charge in [0.2, 0.25) is 17.8 Å². The average Bonchev–Trinajstić information content (AvgIpc) is 3.30. The number of aromatic amines is 1. The number of likely N-dealkylation sites (N-methyl/N-ethyl adjacent to an activating group) is 2. The van der Waals surface area contributed by atoms with Crippen molar-refractivity contribution in [2.24, 2.45) is 0 Å². The van der Waals surface area contributed by atoms with E-state index in [0.29, 0.717) is 29.4 Å². The number of hydrogen-bond acceptors (Lipinski definition) is 9. The molecule has 0 spiro atoms. The summed E-state index contributed by atoms with van der Waals surface area (Å²) >= 11 is 0. The van der Waals surface area contributed by atoms with Gasteiger partial charge in [-0.15, -0.1) is 0 Å². The van der Waals surface area contributed by atoms with Crippen LogP contribution in [-0.2, 0) is 0 Å². The Morgan fingerprint density at radius 3 is 2.50 bits per heavy atom. The van der Waals surface area contributed by atoms with Crippen molar-refractivity contribution >= 4 is 34.9 Å². The van der Waals surface area contributed by atoms with Gasteiger partial charge in [0, 0.05) is 37.5 Å². The fraction of sp³-hybridized carbons (Fsp3) is 0.308. The quantitative estimate of drug-likeness (QED) is 0.270. The monoisotopic (exact) mass is 489 g/mol. The van der Waals surface area contributed by atoms with Gasteiger partial charge in [0.05, 0.1) is 5.69 Å². The zero-order valence-electron chi connectivity index (χ0n) is 21.6. The summed E-state index contributed by atoms with van der Waals surface area (Å²) in [6.07, 6.45) is 7.71. The van der Waals surface area contributed by atoms with Crippen LogP contribution in [-0.4, -0.2) is 68.9 Å². The first-order valence-corrected chi connectivity index (χ1v) is 11.8. The van der Waals surface area contributed by atoms with Crippen molar-refractivity contribution in [3.63, 3.8) is 0 Å². The molecule has 0 aliphatic rings. The number of aromatic hydroxyl groups is 1. The molecule has 2 aromatic heterocycles. The van der Waals surface area contributed by atoms with Crippen LogP contribution in [0, 0.1) is 6.92 Å². The van der Waals surface area contributed by atoms with Crippen molar-refractivity contribution in [1.29, 1.82) is 0 Å². The molecule has 0 aliphatic heterocycles. The van der Waals surface area contributed by atoms with Gasteiger partial charge in [0.25, 0.3) is 0 Å². The van der Waals surface area contributed by atoms with E-state index in [1.165, 1.54) is 0 Å². The number of nitrogens with zero attached hydrogens (tertiary/aromatic N) is 6. The summed E-state index contributed by atoms with van der Waals surface area (Å²) in [5, 5.41) is 23.8. The van der Waals surface area contributed by atoms with Crippen LogP contribution in [0.1, 0.15) is 25.1 Å². The molecule has 3 aromatic rings. The van der Waals surface area contributed by atoms with E-state index >= 15 is 0 Å². The molecule has 2 heterocycles. The largest absolute Gasteiger partial charge is 0.508 e. The molecule has 0 saturated carbocycles. The number of allylic oxidation sites excluding steroid dienone is 5. The molecule has 1 aromatic carbocycles. The maximum absolute atomic E-state index is 10.1. The lowest BCUT2D eigenvalue weighted by Gasteiger charge is -2.23. The maximum Gasteiger partial charge on any atom is 0.235 e. The minimum absolute atomic E-state index is 0.196. The molecule has 4 N–H and O–H groups in total. The molecular weight excluding hydrogens is 454 g/mol. The van der Waals surface area contributed by atoms with E-state index in [9.17, 15) is 5.11 Å². The molecule has 0 radical (unpaired) electrons. The second kappa shape index (κ2) is 12.5. The summed E-state index contributed by atoms with van der Waals surface area (Å²) in [5.41, 5.74) is 3.04. The minimum Gasteiger partial charge on any atom is -0.508 e. The second-order valence-corrected chi connectivity index (χ2v) is 8.49. The van der Waals surface area contributed by atoms with Crippen LogP contribution in [0.15, 0.2) is 55.1 Å². The summed E-state index contributed by atoms with van der Waals surface area (Å²) in [6.45, 7) is 12.3. The topological polar surface area (TPSA) is 118 Å². The molecule has 0 fully saturated rings. The second-order valence-electron chi connectivity index (χ2n) is 8.49. The molecule has 0 aliphatic carbocycles. The highest BCUT2D eigenvalue weighted by molar-refractivity contribution is 5.72. The highest BCUT2D eigenvalue weighted by atomic mass is 16.3. The van der Waals surface area contributed by atoms with Crippen LogP contribution in [0.25, 0.3) is 5.57 Å². The summed E-state index contributed by atoms with van der Waals surface area (Å²) < 4.78 is 0. The number of phenols is 1. The predicted molar refractivity (Wildman–Crippen MR) is 147 cm³/mol. The fourth-order valence-electron chi connectivity index (χ4n) is 3.19. The van der Waals surface area contributed by atoms with E-state index in [1.807, 2.05) is 70.4 Å². The number of aromatic nitrogens is 5. The van der Waals surface area contributed by atoms with Gasteiger partial charge in [-0.3, -0.25) is 5.10 Å². The van der Waals surface area contributed by atoms with Crippen molar-refractivity contribution in [3.8, 4) is 5.75 Å². The van der Waals surface area contributed by atoms with E-state index in [1.54, 1.807) is 6.07 Å². The number of hydrogen-bond donors (Lipinski definition) is 4. The van der Waals surface area contributed by atoms with Crippen molar-refractivity contribution in [2.45, 2.75) is 20.8 Å². The van der Waals surface area contributed by atoms with E-state index in [2.05, 4.69) is 59.1 Å². The maximum atomic E-state index is 10.1. The first-order valence-electron chi connectivity index (χ1n) is 11.8. The summed E-state index contributed by atoms with van der Waals surface area (Å²) in [5.74, 6) is 1.98. The third-order valence-electron chi connectivity index (χ3n) is 5.34. The van der Waals surface area contributed by atoms with Gasteiger partial charge in [-0.1, -0.05) is 36.9 Å². The summed E-state index contributed by atoms with van der Waals surface area (Å²) in [6, 6.07) is 7.18. The number of benzene rings is 1. The molecule has 10 nitrogen and oxygen atoms in total. The van der Waals surface area contributed by atoms with Gasteiger partial charge in [-0.2, -0.15) is 20.1 Å². The lowest BCUT2D eigenvalue weighted by molar-refractivity contribution is 0.413. The Labute approximate surface area is 212 Å². The molecule has 0 bridgehead atoms. The molecule has 3 rings (SSSR count). The molecule has 190 valence electrons. The van der Waals surface area contributed by atoms with Crippen molar-refractivity contribution < 1.29 is 5.11 Å². The zero-order valence-corrected chi connectivity index (χ0v) is 21.6. The van der Waals surface area contributed by atoms with E-state index in [4.69, 9.17) is 0 Å². The molecule has 10 heteroatoms. The van der Waals surface area contributed by atoms with Gasteiger partial charge in [-0.25, -0.2) is 0 Å². The van der Waals surface area contributed by atoms with Crippen molar-refractivity contribution in [3.05, 3.63) is 66.4 Å². The highest BCUT2D eigenvalue weighted by Gasteiger charge is 2.15. The number of anilines is 5. The van der Waals surface area contributed by atoms with Crippen LogP contribution < -0.4 is 15.5 Å². The smallest absolute Gasteiger partial charge is 0.235 e. The van der Waals surface area contributed by atoms with E-state index in [-0.39, 0.29) is 5.75 Å². The summed E-state index contributed by atoms with van der Waals surface area (Å²) in [4.78, 5) is 18.0. The first kappa shape index (κ1) is 26.4. The Hall–Kier alpha value is -4.18. The van der Waals surface area contributed by atoms with Gasteiger partial charge in [-0.05, 0) is 52.1 Å². The molecule has 0 saturated heterocycles. The van der Waals surface area contributed by atoms with Crippen molar-refractivity contribution in [1.82, 2.24) is 30.0 Å². The third kappa shape index (κ3) is 7.41. The van der Waals surface area contributed by atoms with Crippen LogP contribution >= 0.6 is 0 Å². The molecule has 0 atom stereocenters. The van der Waals surface area contributed by atoms with Gasteiger partial charge >= 0.3 is 0 Å². The Bertz CT molecular complexity index is 1230. The Morgan fingerprint density at radius 2 is 1.83 bits per heavy atom. The third-order valence-corrected chi connectivity index (χ3v) is 5.34. The predicted octanol–water partition coefficient (Wildman–Crippen LogP) is 4.63. The lowest BCUT2D eigenvalue weighted by Crippen LogP contribution is -2.33. The highest BCUT2D eigenvalue weighted by Crippen LogP contribution is 2.25. The number of nitrogens with one attached hydrogen (secondary N) is 3. The zero-order chi connectivity index (χ0) is 26.1. The van der Waals surface area contributed by atoms with Crippen molar-refractivity contribution in [2.75, 3.05) is 49.3 Å². The summed E-state index contributed by atoms with van der Waals surface area (Å²) in [7, 11) is 4.06. The number of rotatable bonds is 12. The van der Waals surface area contributed by atoms with Gasteiger partial charge in [0.1, 0.15) is 5.75 Å². The van der Waals surface area contributed by atoms with Gasteiger partial charge in [0.15, 0.2) is 5.82 Å². The molecular formula is C26H35N9O. The average molecular weight is 490 g/mol. The number of H-pyrrole nitrogens is 1. The standard InChI is InChI=1S/C26H35N9O/c1-7-9-10-11-18(3)21-17-23(33-32-21)28-25-29-24(27-20-13-12-19(4)22(36)16-20)30-26(31-25)35(8-2)15-14-34(5)6/h7,9-13,16-17,36H,3,8,14-15H2,1-2,4-6H3,(H3,27,28,29,30,31,32,33). The van der Waals surface area contributed by atoms with E-state index in [0.717, 1.165) is 36.5 Å². The number of phenolic OH excluding ortho intramolecular Hbond substituents is 1. The SMILES string of the molecule is C=C(C=CC=CC)c1cc(Nc2nc(Nc3ccc(C)c(O)c3)nc(N(CC)CCN(C)C)n2)n[nH]1. The number of aryl methyl sites for hydroxylation is 1. The molecule has 0 amide bonds. The fourth-order valence-corrected chi connectivity index (χ4v) is 3.19. The minimum atomic E-state index is 0.196. The Morgan fingerprint density at radius 1 is 1.08 bits per heavy atom.